The van der Waals surface area contributed by atoms with Crippen LogP contribution in [0.4, 0.5) is 11.4 Å². The second-order valence-electron chi connectivity index (χ2n) is 5.95. The fourth-order valence-electron chi connectivity index (χ4n) is 3.60. The summed E-state index contributed by atoms with van der Waals surface area (Å²) in [6.45, 7) is 1.83. The molecule has 2 fully saturated rings. The van der Waals surface area contributed by atoms with E-state index in [9.17, 15) is 5.11 Å². The third-order valence-corrected chi connectivity index (χ3v) is 5.25. The van der Waals surface area contributed by atoms with E-state index in [2.05, 4.69) is 26.9 Å². The van der Waals surface area contributed by atoms with Crippen molar-refractivity contribution >= 4 is 27.3 Å². The summed E-state index contributed by atoms with van der Waals surface area (Å²) in [5.41, 5.74) is 7.62. The number of fused-ring (bicyclic) bond motifs is 1. The van der Waals surface area contributed by atoms with Gasteiger partial charge in [-0.1, -0.05) is 28.8 Å². The fraction of sp³-hybridized carbons (Fsp3) is 0.600. The maximum atomic E-state index is 10.7. The van der Waals surface area contributed by atoms with Crippen LogP contribution in [0.5, 0.6) is 0 Å². The zero-order chi connectivity index (χ0) is 13.5. The normalized spacial score (nSPS) is 31.1. The average Bonchev–Trinajstić information content (AvgIpc) is 2.38. The zero-order valence-corrected chi connectivity index (χ0v) is 12.7. The molecule has 0 spiro atoms. The minimum Gasteiger partial charge on any atom is -0.397 e. The number of aliphatic hydroxyl groups is 1. The van der Waals surface area contributed by atoms with Gasteiger partial charge in [0.25, 0.3) is 0 Å². The molecule has 3 nitrogen and oxygen atoms in total. The maximum absolute atomic E-state index is 10.7. The van der Waals surface area contributed by atoms with Crippen molar-refractivity contribution in [2.45, 2.75) is 37.7 Å². The third kappa shape index (κ3) is 2.48. The van der Waals surface area contributed by atoms with E-state index in [1.807, 2.05) is 12.1 Å². The van der Waals surface area contributed by atoms with Crippen LogP contribution >= 0.6 is 15.9 Å². The molecule has 1 saturated heterocycles. The molecule has 2 atom stereocenters. The number of hydrogen-bond donors (Lipinski definition) is 2. The van der Waals surface area contributed by atoms with Gasteiger partial charge < -0.3 is 15.7 Å². The van der Waals surface area contributed by atoms with Crippen LogP contribution in [0, 0.1) is 5.92 Å². The number of piperidine rings is 1. The van der Waals surface area contributed by atoms with E-state index in [1.54, 1.807) is 0 Å². The molecule has 1 saturated carbocycles. The molecule has 104 valence electrons. The molecule has 3 N–H and O–H groups in total. The summed E-state index contributed by atoms with van der Waals surface area (Å²) in [5.74, 6) is 0.401. The van der Waals surface area contributed by atoms with Crippen molar-refractivity contribution in [1.82, 2.24) is 0 Å². The number of benzene rings is 1. The predicted octanol–water partition coefficient (Wildman–Crippen LogP) is 3.16. The lowest BCUT2D eigenvalue weighted by molar-refractivity contribution is -0.0612. The Balaban J connectivity index is 1.80. The highest BCUT2D eigenvalue weighted by Crippen LogP contribution is 2.41. The van der Waals surface area contributed by atoms with Crippen molar-refractivity contribution < 1.29 is 5.11 Å². The highest BCUT2D eigenvalue weighted by molar-refractivity contribution is 9.10. The van der Waals surface area contributed by atoms with Crippen molar-refractivity contribution in [2.75, 3.05) is 23.7 Å². The number of nitrogens with two attached hydrogens (primary N) is 1. The van der Waals surface area contributed by atoms with E-state index in [0.29, 0.717) is 5.92 Å². The quantitative estimate of drug-likeness (QED) is 0.780. The van der Waals surface area contributed by atoms with Crippen LogP contribution in [0.3, 0.4) is 0 Å². The van der Waals surface area contributed by atoms with Crippen molar-refractivity contribution in [3.63, 3.8) is 0 Å². The van der Waals surface area contributed by atoms with E-state index in [-0.39, 0.29) is 0 Å². The third-order valence-electron chi connectivity index (χ3n) is 4.76. The summed E-state index contributed by atoms with van der Waals surface area (Å²) < 4.78 is 1.01. The highest BCUT2D eigenvalue weighted by atomic mass is 79.9. The monoisotopic (exact) mass is 324 g/mol. The Labute approximate surface area is 122 Å². The summed E-state index contributed by atoms with van der Waals surface area (Å²) in [6.07, 6.45) is 5.40. The van der Waals surface area contributed by atoms with E-state index in [4.69, 9.17) is 5.73 Å². The van der Waals surface area contributed by atoms with Gasteiger partial charge in [0.1, 0.15) is 0 Å². The van der Waals surface area contributed by atoms with Gasteiger partial charge in [-0.25, -0.2) is 0 Å². The Bertz CT molecular complexity index is 479. The SMILES string of the molecule is Nc1cc(Br)ccc1N1CCC2(O)CCCCC2C1. The standard InChI is InChI=1S/C15H21BrN2O/c16-12-4-5-14(13(17)9-12)18-8-7-15(19)6-2-1-3-11(15)10-18/h4-5,9,11,19H,1-3,6-8,10,17H2. The Morgan fingerprint density at radius 2 is 2.16 bits per heavy atom. The topological polar surface area (TPSA) is 49.5 Å². The first-order valence-electron chi connectivity index (χ1n) is 7.11. The van der Waals surface area contributed by atoms with E-state index < -0.39 is 5.60 Å². The van der Waals surface area contributed by atoms with Gasteiger partial charge in [0.05, 0.1) is 17.0 Å². The minimum atomic E-state index is -0.418. The second kappa shape index (κ2) is 4.98. The molecule has 4 heteroatoms. The van der Waals surface area contributed by atoms with Gasteiger partial charge in [-0.05, 0) is 37.5 Å². The van der Waals surface area contributed by atoms with Crippen molar-refractivity contribution in [2.24, 2.45) is 5.92 Å². The number of nitrogen functional groups attached to an aromatic ring is 1. The average molecular weight is 325 g/mol. The minimum absolute atomic E-state index is 0.401. The van der Waals surface area contributed by atoms with Crippen molar-refractivity contribution in [3.05, 3.63) is 22.7 Å². The summed E-state index contributed by atoms with van der Waals surface area (Å²) in [7, 11) is 0. The molecular weight excluding hydrogens is 304 g/mol. The Hall–Kier alpha value is -0.740. The maximum Gasteiger partial charge on any atom is 0.0709 e. The highest BCUT2D eigenvalue weighted by Gasteiger charge is 2.42. The molecule has 0 bridgehead atoms. The Morgan fingerprint density at radius 1 is 1.32 bits per heavy atom. The van der Waals surface area contributed by atoms with Gasteiger partial charge in [0, 0.05) is 23.5 Å². The van der Waals surface area contributed by atoms with Crippen LogP contribution < -0.4 is 10.6 Å². The molecule has 1 aliphatic carbocycles. The molecular formula is C15H21BrN2O. The molecule has 1 aliphatic heterocycles. The Kier molecular flexibility index (Phi) is 3.48. The first-order valence-corrected chi connectivity index (χ1v) is 7.90. The lowest BCUT2D eigenvalue weighted by Crippen LogP contribution is -2.53. The van der Waals surface area contributed by atoms with Gasteiger partial charge >= 0.3 is 0 Å². The summed E-state index contributed by atoms with van der Waals surface area (Å²) >= 11 is 3.45. The number of halogens is 1. The molecule has 3 rings (SSSR count). The van der Waals surface area contributed by atoms with E-state index >= 15 is 0 Å². The van der Waals surface area contributed by atoms with Gasteiger partial charge in [0.2, 0.25) is 0 Å². The van der Waals surface area contributed by atoms with Gasteiger partial charge in [-0.3, -0.25) is 0 Å². The van der Waals surface area contributed by atoms with E-state index in [0.717, 1.165) is 48.2 Å². The molecule has 0 aromatic heterocycles. The van der Waals surface area contributed by atoms with Crippen molar-refractivity contribution in [1.29, 1.82) is 0 Å². The summed E-state index contributed by atoms with van der Waals surface area (Å²) in [4.78, 5) is 2.34. The van der Waals surface area contributed by atoms with Gasteiger partial charge in [-0.2, -0.15) is 0 Å². The van der Waals surface area contributed by atoms with Crippen LogP contribution in [0.1, 0.15) is 32.1 Å². The van der Waals surface area contributed by atoms with Crippen LogP contribution in [0.25, 0.3) is 0 Å². The van der Waals surface area contributed by atoms with Gasteiger partial charge in [0.15, 0.2) is 0 Å². The predicted molar refractivity (Wildman–Crippen MR) is 82.3 cm³/mol. The Morgan fingerprint density at radius 3 is 2.95 bits per heavy atom. The lowest BCUT2D eigenvalue weighted by atomic mass is 9.71. The molecule has 1 aromatic carbocycles. The fourth-order valence-corrected chi connectivity index (χ4v) is 3.98. The number of anilines is 2. The van der Waals surface area contributed by atoms with Crippen LogP contribution in [-0.2, 0) is 0 Å². The smallest absolute Gasteiger partial charge is 0.0709 e. The molecule has 0 radical (unpaired) electrons. The van der Waals surface area contributed by atoms with Crippen LogP contribution in [0.2, 0.25) is 0 Å². The van der Waals surface area contributed by atoms with Crippen LogP contribution in [0.15, 0.2) is 22.7 Å². The first-order chi connectivity index (χ1) is 9.08. The zero-order valence-electron chi connectivity index (χ0n) is 11.1. The number of nitrogens with zero attached hydrogens (tertiary/aromatic N) is 1. The molecule has 0 amide bonds. The lowest BCUT2D eigenvalue weighted by Gasteiger charge is -2.48. The first kappa shape index (κ1) is 13.3. The molecule has 1 aromatic rings. The largest absolute Gasteiger partial charge is 0.397 e. The second-order valence-corrected chi connectivity index (χ2v) is 6.86. The number of hydrogen-bond acceptors (Lipinski definition) is 3. The summed E-state index contributed by atoms with van der Waals surface area (Å²) in [6, 6.07) is 6.07. The molecule has 2 unspecified atom stereocenters. The van der Waals surface area contributed by atoms with E-state index in [1.165, 1.54) is 12.8 Å². The van der Waals surface area contributed by atoms with Gasteiger partial charge in [-0.15, -0.1) is 0 Å². The molecule has 2 aliphatic rings. The van der Waals surface area contributed by atoms with Crippen molar-refractivity contribution in [3.8, 4) is 0 Å². The van der Waals surface area contributed by atoms with Crippen LogP contribution in [-0.4, -0.2) is 23.8 Å². The molecule has 1 heterocycles. The summed E-state index contributed by atoms with van der Waals surface area (Å²) in [5, 5.41) is 10.7. The molecule has 19 heavy (non-hydrogen) atoms. The number of rotatable bonds is 1.